The normalized spacial score (nSPS) is 11.6. The first-order chi connectivity index (χ1) is 18.2. The van der Waals surface area contributed by atoms with Crippen molar-refractivity contribution >= 4 is 18.9 Å². The van der Waals surface area contributed by atoms with Crippen molar-refractivity contribution in [3.63, 3.8) is 0 Å². The van der Waals surface area contributed by atoms with Crippen LogP contribution in [0.2, 0.25) is 0 Å². The van der Waals surface area contributed by atoms with Crippen LogP contribution >= 0.6 is 0 Å². The molecule has 0 heterocycles. The number of rotatable bonds is 23. The van der Waals surface area contributed by atoms with E-state index in [1.165, 1.54) is 100 Å². The molecule has 2 nitrogen and oxygen atoms in total. The van der Waals surface area contributed by atoms with Gasteiger partial charge in [-0.15, -0.1) is 6.58 Å². The minimum atomic E-state index is -2.76. The third-order valence-electron chi connectivity index (χ3n) is 7.20. The van der Waals surface area contributed by atoms with Crippen LogP contribution in [-0.2, 0) is 8.85 Å². The van der Waals surface area contributed by atoms with Gasteiger partial charge in [0.15, 0.2) is 0 Å². The molecule has 0 saturated heterocycles. The predicted octanol–water partition coefficient (Wildman–Crippen LogP) is 9.11. The Hall–Kier alpha value is -1.68. The molecule has 0 aliphatic rings. The van der Waals surface area contributed by atoms with Gasteiger partial charge in [-0.1, -0.05) is 163 Å². The summed E-state index contributed by atoms with van der Waals surface area (Å²) in [5.41, 5.74) is 1.14. The molecule has 206 valence electrons. The van der Waals surface area contributed by atoms with E-state index in [2.05, 4.69) is 81.1 Å². The van der Waals surface area contributed by atoms with Gasteiger partial charge < -0.3 is 8.85 Å². The van der Waals surface area contributed by atoms with Crippen molar-refractivity contribution in [3.8, 4) is 0 Å². The molecule has 0 saturated carbocycles. The summed E-state index contributed by atoms with van der Waals surface area (Å²) in [6.07, 6.45) is 21.4. The van der Waals surface area contributed by atoms with Crippen LogP contribution in [0.15, 0.2) is 72.8 Å². The highest BCUT2D eigenvalue weighted by Gasteiger charge is 2.42. The van der Waals surface area contributed by atoms with Crippen molar-refractivity contribution in [2.45, 2.75) is 117 Å². The lowest BCUT2D eigenvalue weighted by Crippen LogP contribution is -2.63. The highest BCUT2D eigenvalue weighted by Crippen LogP contribution is 2.16. The summed E-state index contributed by atoms with van der Waals surface area (Å²) >= 11 is 0. The summed E-state index contributed by atoms with van der Waals surface area (Å²) in [5.74, 6) is 0. The fourth-order valence-corrected chi connectivity index (χ4v) is 8.08. The zero-order valence-corrected chi connectivity index (χ0v) is 25.0. The van der Waals surface area contributed by atoms with Gasteiger partial charge in [-0.05, 0) is 30.1 Å². The quantitative estimate of drug-likeness (QED) is 0.0823. The number of hydrogen-bond acceptors (Lipinski definition) is 2. The number of hydrogen-bond donors (Lipinski definition) is 0. The van der Waals surface area contributed by atoms with Crippen LogP contribution in [0.5, 0.6) is 0 Å². The van der Waals surface area contributed by atoms with E-state index in [4.69, 9.17) is 8.85 Å². The molecule has 37 heavy (non-hydrogen) atoms. The molecule has 0 bridgehead atoms. The zero-order chi connectivity index (χ0) is 26.4. The Labute approximate surface area is 230 Å². The molecule has 0 amide bonds. The van der Waals surface area contributed by atoms with Gasteiger partial charge >= 0.3 is 8.56 Å². The van der Waals surface area contributed by atoms with Crippen molar-refractivity contribution < 1.29 is 8.85 Å². The molecule has 2 aromatic carbocycles. The minimum absolute atomic E-state index is 0.643. The van der Waals surface area contributed by atoms with E-state index in [0.29, 0.717) is 6.61 Å². The highest BCUT2D eigenvalue weighted by atomic mass is 28.4. The Morgan fingerprint density at radius 3 is 1.35 bits per heavy atom. The van der Waals surface area contributed by atoms with Crippen LogP contribution in [0.4, 0.5) is 0 Å². The molecule has 0 aliphatic carbocycles. The lowest BCUT2D eigenvalue weighted by atomic mass is 10.0. The first-order valence-electron chi connectivity index (χ1n) is 15.2. The van der Waals surface area contributed by atoms with Gasteiger partial charge in [-0.25, -0.2) is 0 Å². The first kappa shape index (κ1) is 31.5. The highest BCUT2D eigenvalue weighted by molar-refractivity contribution is 6.92. The second-order valence-electron chi connectivity index (χ2n) is 10.7. The third-order valence-corrected chi connectivity index (χ3v) is 10.6. The van der Waals surface area contributed by atoms with E-state index < -0.39 is 8.56 Å². The molecular weight excluding hydrogens is 468 g/mol. The van der Waals surface area contributed by atoms with Crippen LogP contribution in [0, 0.1) is 0 Å². The lowest BCUT2D eigenvalue weighted by Gasteiger charge is -2.31. The molecule has 2 aromatic rings. The average Bonchev–Trinajstić information content (AvgIpc) is 2.92. The Morgan fingerprint density at radius 2 is 0.946 bits per heavy atom. The van der Waals surface area contributed by atoms with E-state index in [0.717, 1.165) is 25.0 Å². The van der Waals surface area contributed by atoms with Gasteiger partial charge in [0, 0.05) is 13.2 Å². The second-order valence-corrected chi connectivity index (χ2v) is 13.7. The standard InChI is InChI=1S/C34H54O2Si/c1-4-5-6-7-8-9-10-11-12-13-14-15-16-17-24-30-35-37(36-31-29-32(2)3,33-25-20-18-21-26-33)34-27-22-19-23-28-34/h18-23,25-28H,2,4-17,24,29-31H2,1,3H3. The molecule has 0 atom stereocenters. The Bertz CT molecular complexity index is 766. The van der Waals surface area contributed by atoms with Crippen LogP contribution in [0.1, 0.15) is 117 Å². The maximum Gasteiger partial charge on any atom is 0.407 e. The van der Waals surface area contributed by atoms with Crippen LogP contribution in [0.25, 0.3) is 0 Å². The maximum atomic E-state index is 6.78. The molecule has 0 radical (unpaired) electrons. The lowest BCUT2D eigenvalue weighted by molar-refractivity contribution is 0.189. The SMILES string of the molecule is C=C(C)CCO[Si](OCCCCCCCCCCCCCCCCC)(c1ccccc1)c1ccccc1. The van der Waals surface area contributed by atoms with Crippen LogP contribution < -0.4 is 10.4 Å². The molecule has 0 unspecified atom stereocenters. The summed E-state index contributed by atoms with van der Waals surface area (Å²) in [5, 5.41) is 2.37. The van der Waals surface area contributed by atoms with Gasteiger partial charge in [0.05, 0.1) is 0 Å². The van der Waals surface area contributed by atoms with Crippen molar-refractivity contribution in [2.24, 2.45) is 0 Å². The van der Waals surface area contributed by atoms with Gasteiger partial charge in [0.2, 0.25) is 0 Å². The fraction of sp³-hybridized carbons (Fsp3) is 0.588. The summed E-state index contributed by atoms with van der Waals surface area (Å²) in [4.78, 5) is 0. The van der Waals surface area contributed by atoms with Crippen LogP contribution in [0.3, 0.4) is 0 Å². The van der Waals surface area contributed by atoms with Crippen LogP contribution in [-0.4, -0.2) is 21.8 Å². The summed E-state index contributed by atoms with van der Waals surface area (Å²) in [6, 6.07) is 21.2. The summed E-state index contributed by atoms with van der Waals surface area (Å²) in [7, 11) is -2.76. The van der Waals surface area contributed by atoms with Gasteiger partial charge in [-0.2, -0.15) is 0 Å². The topological polar surface area (TPSA) is 18.5 Å². The van der Waals surface area contributed by atoms with E-state index in [1.807, 2.05) is 0 Å². The van der Waals surface area contributed by atoms with E-state index in [9.17, 15) is 0 Å². The molecule has 0 aliphatic heterocycles. The van der Waals surface area contributed by atoms with E-state index in [1.54, 1.807) is 0 Å². The largest absolute Gasteiger partial charge is 0.407 e. The minimum Gasteiger partial charge on any atom is -0.388 e. The zero-order valence-electron chi connectivity index (χ0n) is 24.0. The van der Waals surface area contributed by atoms with Crippen molar-refractivity contribution in [1.82, 2.24) is 0 Å². The summed E-state index contributed by atoms with van der Waals surface area (Å²) < 4.78 is 13.5. The fourth-order valence-electron chi connectivity index (χ4n) is 4.92. The predicted molar refractivity (Wildman–Crippen MR) is 164 cm³/mol. The Kier molecular flexibility index (Phi) is 17.3. The van der Waals surface area contributed by atoms with Gasteiger partial charge in [0.25, 0.3) is 0 Å². The van der Waals surface area contributed by atoms with Crippen molar-refractivity contribution in [2.75, 3.05) is 13.2 Å². The monoisotopic (exact) mass is 522 g/mol. The van der Waals surface area contributed by atoms with Crippen molar-refractivity contribution in [3.05, 3.63) is 72.8 Å². The van der Waals surface area contributed by atoms with Crippen molar-refractivity contribution in [1.29, 1.82) is 0 Å². The van der Waals surface area contributed by atoms with Gasteiger partial charge in [0.1, 0.15) is 0 Å². The smallest absolute Gasteiger partial charge is 0.388 e. The van der Waals surface area contributed by atoms with E-state index >= 15 is 0 Å². The maximum absolute atomic E-state index is 6.78. The molecule has 0 fully saturated rings. The third kappa shape index (κ3) is 13.1. The second kappa shape index (κ2) is 20.3. The number of benzene rings is 2. The molecule has 2 rings (SSSR count). The van der Waals surface area contributed by atoms with Gasteiger partial charge in [-0.3, -0.25) is 0 Å². The molecule has 3 heteroatoms. The van der Waals surface area contributed by atoms with E-state index in [-0.39, 0.29) is 0 Å². The molecular formula is C34H54O2Si. The molecule has 0 N–H and O–H groups in total. The molecule has 0 aromatic heterocycles. The Balaban J connectivity index is 1.71. The molecule has 0 spiro atoms. The average molecular weight is 523 g/mol. The first-order valence-corrected chi connectivity index (χ1v) is 17.0. The Morgan fingerprint density at radius 1 is 0.568 bits per heavy atom. The number of unbranched alkanes of at least 4 members (excludes halogenated alkanes) is 14. The summed E-state index contributed by atoms with van der Waals surface area (Å²) in [6.45, 7) is 9.81.